The van der Waals surface area contributed by atoms with E-state index in [9.17, 15) is 18.8 Å². The lowest BCUT2D eigenvalue weighted by Crippen LogP contribution is -2.14. The van der Waals surface area contributed by atoms with Crippen molar-refractivity contribution in [3.05, 3.63) is 59.3 Å². The van der Waals surface area contributed by atoms with Gasteiger partial charge in [-0.25, -0.2) is 0 Å². The summed E-state index contributed by atoms with van der Waals surface area (Å²) in [4.78, 5) is 0.165. The predicted molar refractivity (Wildman–Crippen MR) is 96.1 cm³/mol. The summed E-state index contributed by atoms with van der Waals surface area (Å²) in [5.74, 6) is 0.111. The Hall–Kier alpha value is -2.69. The van der Waals surface area contributed by atoms with Crippen molar-refractivity contribution in [1.82, 2.24) is 9.19 Å². The smallest absolute Gasteiger partial charge is 0.283 e. The number of rotatable bonds is 4. The molecule has 1 aliphatic rings. The molecule has 1 aromatic heterocycles. The third kappa shape index (κ3) is 2.59. The Morgan fingerprint density at radius 2 is 2.00 bits per heavy atom. The van der Waals surface area contributed by atoms with Crippen molar-refractivity contribution >= 4 is 20.9 Å². The second kappa shape index (κ2) is 5.94. The van der Waals surface area contributed by atoms with E-state index >= 15 is 0 Å². The van der Waals surface area contributed by atoms with Crippen LogP contribution in [0, 0.1) is 24.2 Å². The van der Waals surface area contributed by atoms with E-state index < -0.39 is 10.0 Å². The number of aliphatic hydroxyl groups is 1. The van der Waals surface area contributed by atoms with Crippen LogP contribution < -0.4 is 0 Å². The van der Waals surface area contributed by atoms with Crippen LogP contribution in [-0.2, 0) is 10.0 Å². The Morgan fingerprint density at radius 3 is 2.62 bits per heavy atom. The van der Waals surface area contributed by atoms with Crippen molar-refractivity contribution in [2.24, 2.45) is 5.92 Å². The molecule has 1 heterocycles. The first kappa shape index (κ1) is 16.8. The largest absolute Gasteiger partial charge is 0.396 e. The Balaban J connectivity index is 1.93. The minimum absolute atomic E-state index is 0.0194. The molecule has 3 aromatic rings. The number of hydrogen-bond donors (Lipinski definition) is 1. The summed E-state index contributed by atoms with van der Waals surface area (Å²) in [6, 6.07) is 13.6. The summed E-state index contributed by atoms with van der Waals surface area (Å²) < 4.78 is 27.3. The highest BCUT2D eigenvalue weighted by atomic mass is 32.2. The van der Waals surface area contributed by atoms with Crippen LogP contribution in [0.4, 0.5) is 0 Å². The van der Waals surface area contributed by atoms with Crippen molar-refractivity contribution in [3.8, 4) is 6.07 Å². The van der Waals surface area contributed by atoms with Crippen LogP contribution >= 0.6 is 0 Å². The van der Waals surface area contributed by atoms with Crippen LogP contribution in [0.15, 0.2) is 47.4 Å². The zero-order chi connectivity index (χ0) is 18.5. The molecule has 6 nitrogen and oxygen atoms in total. The van der Waals surface area contributed by atoms with Gasteiger partial charge >= 0.3 is 0 Å². The highest BCUT2D eigenvalue weighted by Gasteiger charge is 2.41. The van der Waals surface area contributed by atoms with Crippen molar-refractivity contribution in [2.45, 2.75) is 24.2 Å². The van der Waals surface area contributed by atoms with Crippen LogP contribution in [-0.4, -0.2) is 29.3 Å². The molecule has 1 aliphatic carbocycles. The van der Waals surface area contributed by atoms with E-state index in [1.54, 1.807) is 42.5 Å². The second-order valence-electron chi connectivity index (χ2n) is 6.67. The zero-order valence-corrected chi connectivity index (χ0v) is 14.9. The van der Waals surface area contributed by atoms with Gasteiger partial charge in [0.15, 0.2) is 0 Å². The average Bonchev–Trinajstić information content (AvgIpc) is 3.33. The van der Waals surface area contributed by atoms with Gasteiger partial charge in [0, 0.05) is 17.9 Å². The lowest BCUT2D eigenvalue weighted by molar-refractivity contribution is 0.273. The van der Waals surface area contributed by atoms with Crippen molar-refractivity contribution in [2.75, 3.05) is 6.61 Å². The molecule has 2 unspecified atom stereocenters. The fourth-order valence-electron chi connectivity index (χ4n) is 3.23. The maximum absolute atomic E-state index is 13.1. The van der Waals surface area contributed by atoms with E-state index in [4.69, 9.17) is 0 Å². The van der Waals surface area contributed by atoms with Crippen molar-refractivity contribution in [3.63, 3.8) is 0 Å². The topological polar surface area (TPSA) is 96.0 Å². The summed E-state index contributed by atoms with van der Waals surface area (Å²) in [6.45, 7) is 1.94. The molecule has 4 rings (SSSR count). The van der Waals surface area contributed by atoms with Gasteiger partial charge in [-0.3, -0.25) is 0 Å². The fraction of sp³-hybridized carbons (Fsp3) is 0.263. The number of benzene rings is 2. The van der Waals surface area contributed by atoms with Gasteiger partial charge in [-0.1, -0.05) is 17.7 Å². The third-order valence-electron chi connectivity index (χ3n) is 4.86. The van der Waals surface area contributed by atoms with Gasteiger partial charge in [-0.15, -0.1) is 0 Å². The summed E-state index contributed by atoms with van der Waals surface area (Å²) in [6.07, 6.45) is 0.768. The maximum Gasteiger partial charge on any atom is 0.283 e. The minimum Gasteiger partial charge on any atom is -0.396 e. The van der Waals surface area contributed by atoms with E-state index in [0.29, 0.717) is 22.2 Å². The Kier molecular flexibility index (Phi) is 3.83. The standard InChI is InChI=1S/C19H17N3O3S/c1-12-2-5-15(6-3-12)26(24,25)22-18-7-4-13(10-20)8-17(18)19(21-22)16-9-14(16)11-23/h2-8,14,16,23H,9,11H2,1H3. The summed E-state index contributed by atoms with van der Waals surface area (Å²) in [7, 11) is -3.85. The SMILES string of the molecule is Cc1ccc(S(=O)(=O)n2nc(C3CC3CO)c3cc(C#N)ccc32)cc1. The zero-order valence-electron chi connectivity index (χ0n) is 14.1. The highest BCUT2D eigenvalue weighted by molar-refractivity contribution is 7.90. The molecule has 0 amide bonds. The molecule has 0 bridgehead atoms. The highest BCUT2D eigenvalue weighted by Crippen LogP contribution is 2.48. The first-order chi connectivity index (χ1) is 12.5. The molecule has 1 fully saturated rings. The van der Waals surface area contributed by atoms with Gasteiger partial charge in [0.05, 0.1) is 27.7 Å². The second-order valence-corrected chi connectivity index (χ2v) is 8.44. The van der Waals surface area contributed by atoms with Crippen LogP contribution in [0.2, 0.25) is 0 Å². The number of nitriles is 1. The molecule has 26 heavy (non-hydrogen) atoms. The fourth-order valence-corrected chi connectivity index (χ4v) is 4.53. The summed E-state index contributed by atoms with van der Waals surface area (Å²) in [5.41, 5.74) is 2.50. The number of hydrogen-bond acceptors (Lipinski definition) is 5. The van der Waals surface area contributed by atoms with Gasteiger partial charge in [-0.2, -0.15) is 22.9 Å². The molecule has 132 valence electrons. The van der Waals surface area contributed by atoms with E-state index in [1.807, 2.05) is 6.92 Å². The first-order valence-corrected chi connectivity index (χ1v) is 9.75. The van der Waals surface area contributed by atoms with Gasteiger partial charge in [0.2, 0.25) is 0 Å². The number of aromatic nitrogens is 2. The van der Waals surface area contributed by atoms with E-state index in [1.165, 1.54) is 0 Å². The number of aliphatic hydroxyl groups excluding tert-OH is 1. The Morgan fingerprint density at radius 1 is 1.27 bits per heavy atom. The third-order valence-corrected chi connectivity index (χ3v) is 6.46. The maximum atomic E-state index is 13.1. The van der Waals surface area contributed by atoms with Gasteiger partial charge in [-0.05, 0) is 49.6 Å². The molecule has 1 N–H and O–H groups in total. The molecule has 0 radical (unpaired) electrons. The predicted octanol–water partition coefficient (Wildman–Crippen LogP) is 2.55. The number of nitrogens with zero attached hydrogens (tertiary/aromatic N) is 3. The quantitative estimate of drug-likeness (QED) is 0.764. The molecule has 0 aliphatic heterocycles. The van der Waals surface area contributed by atoms with E-state index in [-0.39, 0.29) is 23.3 Å². The monoisotopic (exact) mass is 367 g/mol. The minimum atomic E-state index is -3.85. The Bertz CT molecular complexity index is 1140. The molecule has 0 saturated heterocycles. The molecule has 2 atom stereocenters. The molecule has 0 spiro atoms. The van der Waals surface area contributed by atoms with Crippen LogP contribution in [0.3, 0.4) is 0 Å². The van der Waals surface area contributed by atoms with Gasteiger partial charge < -0.3 is 5.11 Å². The van der Waals surface area contributed by atoms with Gasteiger partial charge in [0.1, 0.15) is 0 Å². The van der Waals surface area contributed by atoms with Crippen LogP contribution in [0.25, 0.3) is 10.9 Å². The van der Waals surface area contributed by atoms with E-state index in [2.05, 4.69) is 11.2 Å². The van der Waals surface area contributed by atoms with Crippen LogP contribution in [0.1, 0.15) is 29.2 Å². The lowest BCUT2D eigenvalue weighted by Gasteiger charge is -2.06. The first-order valence-electron chi connectivity index (χ1n) is 8.31. The molecular formula is C19H17N3O3S. The molecule has 2 aromatic carbocycles. The molecule has 7 heteroatoms. The summed E-state index contributed by atoms with van der Waals surface area (Å²) >= 11 is 0. The van der Waals surface area contributed by atoms with Crippen LogP contribution in [0.5, 0.6) is 0 Å². The van der Waals surface area contributed by atoms with Gasteiger partial charge in [0.25, 0.3) is 10.0 Å². The molecule has 1 saturated carbocycles. The average molecular weight is 367 g/mol. The summed E-state index contributed by atoms with van der Waals surface area (Å²) in [5, 5.41) is 23.6. The lowest BCUT2D eigenvalue weighted by atomic mass is 10.1. The number of aryl methyl sites for hydroxylation is 1. The molecular weight excluding hydrogens is 350 g/mol. The van der Waals surface area contributed by atoms with Crippen molar-refractivity contribution in [1.29, 1.82) is 5.26 Å². The van der Waals surface area contributed by atoms with Crippen molar-refractivity contribution < 1.29 is 13.5 Å². The number of fused-ring (bicyclic) bond motifs is 1. The normalized spacial score (nSPS) is 19.4. The van der Waals surface area contributed by atoms with E-state index in [0.717, 1.165) is 16.1 Å². The Labute approximate surface area is 151 Å².